The zero-order valence-corrected chi connectivity index (χ0v) is 36.0. The van der Waals surface area contributed by atoms with E-state index in [2.05, 4.69) is 56.1 Å². The lowest BCUT2D eigenvalue weighted by Gasteiger charge is -2.23. The van der Waals surface area contributed by atoms with Crippen molar-refractivity contribution in [2.45, 2.75) is 186 Å². The number of rotatable bonds is 33. The van der Waals surface area contributed by atoms with E-state index in [1.807, 2.05) is 0 Å². The molecule has 14 N–H and O–H groups in total. The van der Waals surface area contributed by atoms with E-state index in [9.17, 15) is 27.6 Å². The Labute approximate surface area is 354 Å². The fourth-order valence-corrected chi connectivity index (χ4v) is 6.30. The van der Waals surface area contributed by atoms with E-state index in [1.54, 1.807) is 0 Å². The van der Waals surface area contributed by atoms with Gasteiger partial charge in [-0.05, 0) is 51.4 Å². The molecule has 17 nitrogen and oxygen atoms in total. The average Bonchev–Trinajstić information content (AvgIpc) is 3.56. The van der Waals surface area contributed by atoms with Gasteiger partial charge in [-0.15, -0.1) is 0 Å². The largest absolute Gasteiger partial charge is 0.542 e. The van der Waals surface area contributed by atoms with Gasteiger partial charge in [0.05, 0.1) is 19.1 Å². The Balaban J connectivity index is 0.00000453. The number of aliphatic imine (C=N–C) groups is 2. The third-order valence-electron chi connectivity index (χ3n) is 9.68. The Morgan fingerprint density at radius 1 is 0.700 bits per heavy atom. The number of hydrogen-bond donors (Lipinski definition) is 8. The second-order valence-electron chi connectivity index (χ2n) is 15.1. The molecule has 0 aliphatic carbocycles. The lowest BCUT2D eigenvalue weighted by molar-refractivity contribution is -0.697. The fourth-order valence-electron chi connectivity index (χ4n) is 6.30. The summed E-state index contributed by atoms with van der Waals surface area (Å²) in [4.78, 5) is 56.2. The van der Waals surface area contributed by atoms with E-state index in [0.717, 1.165) is 44.5 Å². The third-order valence-corrected chi connectivity index (χ3v) is 9.68. The van der Waals surface area contributed by atoms with Gasteiger partial charge in [0, 0.05) is 19.5 Å². The predicted octanol–water partition coefficient (Wildman–Crippen LogP) is 1.79. The number of primary amides is 1. The van der Waals surface area contributed by atoms with Crippen LogP contribution in [0.1, 0.15) is 148 Å². The lowest BCUT2D eigenvalue weighted by Crippen LogP contribution is -2.56. The zero-order valence-electron chi connectivity index (χ0n) is 36.0. The van der Waals surface area contributed by atoms with Gasteiger partial charge >= 0.3 is 6.18 Å². The first kappa shape index (κ1) is 55.4. The number of halogens is 3. The molecule has 0 saturated carbocycles. The second kappa shape index (κ2) is 33.1. The molecule has 346 valence electrons. The van der Waals surface area contributed by atoms with Crippen molar-refractivity contribution in [1.82, 2.24) is 15.2 Å². The number of carbonyl (C=O) groups is 4. The van der Waals surface area contributed by atoms with Gasteiger partial charge in [0.2, 0.25) is 24.0 Å². The van der Waals surface area contributed by atoms with Gasteiger partial charge in [-0.2, -0.15) is 13.2 Å². The van der Waals surface area contributed by atoms with Crippen molar-refractivity contribution in [2.75, 3.05) is 13.1 Å². The van der Waals surface area contributed by atoms with Crippen molar-refractivity contribution < 1.29 is 42.0 Å². The Morgan fingerprint density at radius 2 is 1.15 bits per heavy atom. The smallest absolute Gasteiger partial charge is 0.430 e. The third kappa shape index (κ3) is 28.7. The van der Waals surface area contributed by atoms with Crippen LogP contribution in [0.25, 0.3) is 0 Å². The van der Waals surface area contributed by atoms with Gasteiger partial charge < -0.3 is 54.9 Å². The Bertz CT molecular complexity index is 1420. The van der Waals surface area contributed by atoms with Gasteiger partial charge in [-0.1, -0.05) is 90.9 Å². The van der Waals surface area contributed by atoms with Crippen LogP contribution in [0.15, 0.2) is 22.5 Å². The van der Waals surface area contributed by atoms with Gasteiger partial charge in [0.15, 0.2) is 11.9 Å². The predicted molar refractivity (Wildman–Crippen MR) is 225 cm³/mol. The van der Waals surface area contributed by atoms with Crippen LogP contribution in [0.5, 0.6) is 0 Å². The molecule has 1 aromatic rings. The zero-order chi connectivity index (χ0) is 45.3. The number of carbonyl (C=O) groups excluding carboxylic acids is 4. The van der Waals surface area contributed by atoms with Crippen LogP contribution in [0, 0.1) is 0 Å². The molecule has 0 unspecified atom stereocenters. The van der Waals surface area contributed by atoms with Gasteiger partial charge in [-0.3, -0.25) is 24.4 Å². The summed E-state index contributed by atoms with van der Waals surface area (Å²) in [5.74, 6) is -4.79. The van der Waals surface area contributed by atoms with Crippen molar-refractivity contribution in [1.29, 1.82) is 0 Å². The van der Waals surface area contributed by atoms with E-state index < -0.39 is 48.0 Å². The van der Waals surface area contributed by atoms with Crippen molar-refractivity contribution in [3.8, 4) is 0 Å². The number of aromatic nitrogens is 2. The Morgan fingerprint density at radius 3 is 1.62 bits per heavy atom. The molecule has 1 rings (SSSR count). The molecular weight excluding hydrogens is 786 g/mol. The molecule has 3 amide bonds. The van der Waals surface area contributed by atoms with Crippen LogP contribution in [0.4, 0.5) is 13.2 Å². The summed E-state index contributed by atoms with van der Waals surface area (Å²) < 4.78 is 35.9. The number of nitrogens with one attached hydrogen (secondary N) is 2. The highest BCUT2D eigenvalue weighted by atomic mass is 19.4. The summed E-state index contributed by atoms with van der Waals surface area (Å²) in [6.45, 7) is 6.75. The normalized spacial score (nSPS) is 12.6. The minimum absolute atomic E-state index is 0.0308. The van der Waals surface area contributed by atoms with Crippen LogP contribution in [-0.4, -0.2) is 77.6 Å². The average molecular weight is 861 g/mol. The molecule has 0 aliphatic rings. The quantitative estimate of drug-likeness (QED) is 0.0219. The number of imidazole rings is 1. The number of aliphatic carboxylic acids is 1. The number of amides is 3. The highest BCUT2D eigenvalue weighted by molar-refractivity contribution is 5.92. The maximum atomic E-state index is 13.9. The highest BCUT2D eigenvalue weighted by Gasteiger charge is 2.30. The maximum absolute atomic E-state index is 13.9. The number of hydrogen-bond acceptors (Lipinski definition) is 8. The lowest BCUT2D eigenvalue weighted by atomic mass is 10.1. The van der Waals surface area contributed by atoms with Crippen molar-refractivity contribution in [3.63, 3.8) is 0 Å². The summed E-state index contributed by atoms with van der Waals surface area (Å²) in [6.07, 6.45) is 20.2. The van der Waals surface area contributed by atoms with E-state index in [-0.39, 0.29) is 31.3 Å². The first-order valence-electron chi connectivity index (χ1n) is 21.5. The van der Waals surface area contributed by atoms with Gasteiger partial charge in [0.1, 0.15) is 29.9 Å². The Hall–Kier alpha value is -4.62. The molecule has 0 fully saturated rings. The summed E-state index contributed by atoms with van der Waals surface area (Å²) >= 11 is 0. The molecule has 0 aromatic carbocycles. The summed E-state index contributed by atoms with van der Waals surface area (Å²) in [7, 11) is 0. The van der Waals surface area contributed by atoms with E-state index in [1.165, 1.54) is 77.0 Å². The first-order chi connectivity index (χ1) is 28.4. The first-order valence-corrected chi connectivity index (χ1v) is 21.5. The van der Waals surface area contributed by atoms with Crippen molar-refractivity contribution in [2.24, 2.45) is 44.4 Å². The summed E-state index contributed by atoms with van der Waals surface area (Å²) in [5.41, 5.74) is 34.5. The Kier molecular flexibility index (Phi) is 30.6. The number of guanidine groups is 2. The molecule has 0 aliphatic heterocycles. The monoisotopic (exact) mass is 861 g/mol. The SMILES string of the molecule is CCCCCCCCCCn1c[n+](CCCCCCCCCC)cc1C[C@H](NC(=O)[C@@H](N)CCCN=C(N)N)C(=O)N[C@@H](CCCN=C(N)N)C(N)=O.O=C([O-])C(F)(F)F. The van der Waals surface area contributed by atoms with Crippen molar-refractivity contribution >= 4 is 35.6 Å². The second-order valence-corrected chi connectivity index (χ2v) is 15.1. The van der Waals surface area contributed by atoms with Crippen LogP contribution in [0.3, 0.4) is 0 Å². The number of alkyl halides is 3. The molecule has 60 heavy (non-hydrogen) atoms. The summed E-state index contributed by atoms with van der Waals surface area (Å²) in [5, 5.41) is 14.4. The fraction of sp³-hybridized carbons (Fsp3) is 0.775. The van der Waals surface area contributed by atoms with E-state index >= 15 is 0 Å². The number of aryl methyl sites for hydroxylation is 2. The molecule has 3 atom stereocenters. The van der Waals surface area contributed by atoms with Crippen LogP contribution in [0.2, 0.25) is 0 Å². The number of unbranched alkanes of at least 4 members (excludes halogenated alkanes) is 14. The molecule has 0 radical (unpaired) electrons. The number of nitrogens with zero attached hydrogens (tertiary/aromatic N) is 4. The molecule has 1 heterocycles. The van der Waals surface area contributed by atoms with Gasteiger partial charge in [0.25, 0.3) is 0 Å². The van der Waals surface area contributed by atoms with Gasteiger partial charge in [-0.25, -0.2) is 9.13 Å². The van der Waals surface area contributed by atoms with Crippen LogP contribution < -0.4 is 54.7 Å². The molecule has 1 aromatic heterocycles. The van der Waals surface area contributed by atoms with Crippen LogP contribution >= 0.6 is 0 Å². The molecule has 0 spiro atoms. The molecule has 0 bridgehead atoms. The molecule has 20 heteroatoms. The van der Waals surface area contributed by atoms with E-state index in [0.29, 0.717) is 25.8 Å². The van der Waals surface area contributed by atoms with E-state index in [4.69, 9.17) is 44.3 Å². The van der Waals surface area contributed by atoms with Crippen LogP contribution in [-0.2, 0) is 38.7 Å². The highest BCUT2D eigenvalue weighted by Crippen LogP contribution is 2.14. The minimum Gasteiger partial charge on any atom is -0.542 e. The van der Waals surface area contributed by atoms with Crippen molar-refractivity contribution in [3.05, 3.63) is 18.2 Å². The number of carboxylic acid groups (broad SMARTS) is 1. The molecule has 0 saturated heterocycles. The maximum Gasteiger partial charge on any atom is 0.430 e. The standard InChI is InChI=1S/C38H74N12O3.C2HF3O2/c1-3-5-7-9-11-13-15-17-25-49-28-30(50(29-49)26-18-16-14-12-10-8-6-4-2)27-33(48-35(52)31(39)21-19-23-45-37(41)42)36(53)47-32(34(40)51)22-20-24-46-38(43)44;3-2(4,5)1(6)7/h28-29,31-33H,3-27,39H2,1-2H3,(H11-,40,41,42,43,44,45,46,47,48,51,52,53);(H,6,7)/t31-,32-,33-;/m0./s1. The minimum atomic E-state index is -5.19. The topological polar surface area (TPSA) is 305 Å². The summed E-state index contributed by atoms with van der Waals surface area (Å²) in [6, 6.07) is -2.86. The molecular formula is C40H75F3N12O5. The number of nitrogens with two attached hydrogens (primary N) is 6. The number of carboxylic acids is 1.